The molecular weight excluding hydrogens is 399 g/mol. The van der Waals surface area contributed by atoms with E-state index in [0.29, 0.717) is 17.1 Å². The van der Waals surface area contributed by atoms with Gasteiger partial charge < -0.3 is 14.8 Å². The van der Waals surface area contributed by atoms with E-state index in [-0.39, 0.29) is 24.6 Å². The number of ether oxygens (including phenoxy) is 2. The summed E-state index contributed by atoms with van der Waals surface area (Å²) in [6.45, 7) is 3.16. The summed E-state index contributed by atoms with van der Waals surface area (Å²) in [5.74, 6) is 0.841. The highest BCUT2D eigenvalue weighted by Crippen LogP contribution is 2.35. The van der Waals surface area contributed by atoms with E-state index in [1.165, 1.54) is 21.1 Å². The van der Waals surface area contributed by atoms with Gasteiger partial charge in [0.1, 0.15) is 11.5 Å². The molecule has 0 radical (unpaired) electrons. The molecule has 1 unspecified atom stereocenters. The van der Waals surface area contributed by atoms with Crippen LogP contribution in [0.5, 0.6) is 11.5 Å². The summed E-state index contributed by atoms with van der Waals surface area (Å²) in [5, 5.41) is 5.82. The van der Waals surface area contributed by atoms with Gasteiger partial charge >= 0.3 is 6.18 Å². The molecular formula is C18H21ClF3N3O3. The van der Waals surface area contributed by atoms with E-state index in [1.807, 2.05) is 0 Å². The maximum absolute atomic E-state index is 12.9. The minimum atomic E-state index is -4.65. The third-order valence-corrected chi connectivity index (χ3v) is 4.69. The predicted molar refractivity (Wildman–Crippen MR) is 97.7 cm³/mol. The fourth-order valence-corrected chi connectivity index (χ4v) is 2.94. The van der Waals surface area contributed by atoms with Gasteiger partial charge in [0.2, 0.25) is 5.91 Å². The van der Waals surface area contributed by atoms with E-state index in [0.717, 1.165) is 4.68 Å². The van der Waals surface area contributed by atoms with Crippen LogP contribution in [0, 0.1) is 6.92 Å². The average Bonchev–Trinajstić information content (AvgIpc) is 2.94. The topological polar surface area (TPSA) is 65.4 Å². The monoisotopic (exact) mass is 419 g/mol. The number of aryl methyl sites for hydroxylation is 1. The summed E-state index contributed by atoms with van der Waals surface area (Å²) >= 11 is 5.71. The van der Waals surface area contributed by atoms with Crippen molar-refractivity contribution in [1.82, 2.24) is 15.1 Å². The first-order valence-corrected chi connectivity index (χ1v) is 8.77. The summed E-state index contributed by atoms with van der Waals surface area (Å²) in [4.78, 5) is 12.3. The molecule has 0 aliphatic heterocycles. The summed E-state index contributed by atoms with van der Waals surface area (Å²) in [6, 6.07) is 4.81. The molecule has 6 nitrogen and oxygen atoms in total. The Labute approximate surface area is 165 Å². The Kier molecular flexibility index (Phi) is 6.82. The Morgan fingerprint density at radius 3 is 2.54 bits per heavy atom. The number of alkyl halides is 3. The number of nitrogens with zero attached hydrogens (tertiary/aromatic N) is 2. The van der Waals surface area contributed by atoms with Crippen LogP contribution in [0.1, 0.15) is 36.3 Å². The number of aromatic nitrogens is 2. The van der Waals surface area contributed by atoms with Crippen molar-refractivity contribution >= 4 is 17.5 Å². The van der Waals surface area contributed by atoms with Gasteiger partial charge in [-0.15, -0.1) is 0 Å². The van der Waals surface area contributed by atoms with Crippen LogP contribution in [-0.2, 0) is 17.5 Å². The van der Waals surface area contributed by atoms with Gasteiger partial charge in [-0.2, -0.15) is 18.3 Å². The number of nitrogens with one attached hydrogen (secondary N) is 1. The van der Waals surface area contributed by atoms with Crippen LogP contribution >= 0.6 is 11.6 Å². The van der Waals surface area contributed by atoms with E-state index >= 15 is 0 Å². The average molecular weight is 420 g/mol. The number of amides is 1. The number of benzene rings is 1. The number of carbonyl (C=O) groups is 1. The normalized spacial score (nSPS) is 12.6. The van der Waals surface area contributed by atoms with Crippen molar-refractivity contribution in [2.45, 2.75) is 39.0 Å². The fourth-order valence-electron chi connectivity index (χ4n) is 2.70. The Hall–Kier alpha value is -2.42. The van der Waals surface area contributed by atoms with Crippen LogP contribution in [0.2, 0.25) is 5.02 Å². The van der Waals surface area contributed by atoms with Gasteiger partial charge in [0, 0.05) is 12.0 Å². The first-order chi connectivity index (χ1) is 13.1. The molecule has 0 aliphatic carbocycles. The smallest absolute Gasteiger partial charge is 0.436 e. The second kappa shape index (κ2) is 8.72. The molecule has 28 heavy (non-hydrogen) atoms. The Bertz CT molecular complexity index is 853. The molecule has 0 spiro atoms. The number of halogens is 4. The SMILES string of the molecule is COc1ccc(OC)c(C(C)NC(=O)CCn2nc(C(F)(F)F)c(Cl)c2C)c1. The lowest BCUT2D eigenvalue weighted by Gasteiger charge is -2.18. The standard InChI is InChI=1S/C18H21ClF3N3O3/c1-10(13-9-12(27-3)5-6-14(13)28-4)23-15(26)7-8-25-11(2)16(19)17(24-25)18(20,21)22/h5-6,9-10H,7-8H2,1-4H3,(H,23,26). The lowest BCUT2D eigenvalue weighted by Crippen LogP contribution is -2.28. The van der Waals surface area contributed by atoms with Gasteiger partial charge in [-0.05, 0) is 32.0 Å². The Morgan fingerprint density at radius 2 is 2.00 bits per heavy atom. The predicted octanol–water partition coefficient (Wildman–Crippen LogP) is 4.15. The molecule has 154 valence electrons. The first-order valence-electron chi connectivity index (χ1n) is 8.39. The lowest BCUT2D eigenvalue weighted by molar-refractivity contribution is -0.141. The minimum Gasteiger partial charge on any atom is -0.497 e. The van der Waals surface area contributed by atoms with Gasteiger partial charge in [-0.25, -0.2) is 0 Å². The molecule has 0 bridgehead atoms. The number of carbonyl (C=O) groups excluding carboxylic acids is 1. The van der Waals surface area contributed by atoms with E-state index in [9.17, 15) is 18.0 Å². The molecule has 1 amide bonds. The van der Waals surface area contributed by atoms with Crippen molar-refractivity contribution in [2.24, 2.45) is 0 Å². The van der Waals surface area contributed by atoms with Gasteiger partial charge in [0.25, 0.3) is 0 Å². The highest BCUT2D eigenvalue weighted by Gasteiger charge is 2.38. The van der Waals surface area contributed by atoms with Gasteiger partial charge in [-0.3, -0.25) is 9.48 Å². The molecule has 1 atom stereocenters. The van der Waals surface area contributed by atoms with Crippen molar-refractivity contribution in [3.05, 3.63) is 40.2 Å². The summed E-state index contributed by atoms with van der Waals surface area (Å²) in [5.41, 5.74) is -0.279. The molecule has 1 N–H and O–H groups in total. The van der Waals surface area contributed by atoms with Crippen LogP contribution in [-0.4, -0.2) is 29.9 Å². The molecule has 2 aromatic rings. The van der Waals surface area contributed by atoms with Crippen molar-refractivity contribution < 1.29 is 27.4 Å². The second-order valence-electron chi connectivity index (χ2n) is 6.12. The quantitative estimate of drug-likeness (QED) is 0.732. The maximum atomic E-state index is 12.9. The molecule has 10 heteroatoms. The molecule has 0 saturated heterocycles. The zero-order valence-electron chi connectivity index (χ0n) is 15.9. The summed E-state index contributed by atoms with van der Waals surface area (Å²) < 4.78 is 50.2. The molecule has 0 saturated carbocycles. The van der Waals surface area contributed by atoms with Crippen molar-refractivity contribution in [3.8, 4) is 11.5 Å². The van der Waals surface area contributed by atoms with Gasteiger partial charge in [-0.1, -0.05) is 11.6 Å². The maximum Gasteiger partial charge on any atom is 0.436 e. The zero-order chi connectivity index (χ0) is 21.1. The van der Waals surface area contributed by atoms with Crippen LogP contribution in [0.3, 0.4) is 0 Å². The van der Waals surface area contributed by atoms with Crippen LogP contribution in [0.25, 0.3) is 0 Å². The van der Waals surface area contributed by atoms with Crippen LogP contribution in [0.4, 0.5) is 13.2 Å². The van der Waals surface area contributed by atoms with E-state index < -0.39 is 22.9 Å². The van der Waals surface area contributed by atoms with E-state index in [1.54, 1.807) is 25.1 Å². The third-order valence-electron chi connectivity index (χ3n) is 4.23. The molecule has 1 heterocycles. The molecule has 0 aliphatic rings. The van der Waals surface area contributed by atoms with Gasteiger partial charge in [0.15, 0.2) is 5.69 Å². The number of rotatable bonds is 7. The Balaban J connectivity index is 2.05. The van der Waals surface area contributed by atoms with Gasteiger partial charge in [0.05, 0.1) is 37.5 Å². The molecule has 1 aromatic carbocycles. The lowest BCUT2D eigenvalue weighted by atomic mass is 10.1. The van der Waals surface area contributed by atoms with Crippen LogP contribution in [0.15, 0.2) is 18.2 Å². The summed E-state index contributed by atoms with van der Waals surface area (Å²) in [7, 11) is 3.05. The number of hydrogen-bond acceptors (Lipinski definition) is 4. The molecule has 1 aromatic heterocycles. The highest BCUT2D eigenvalue weighted by atomic mass is 35.5. The van der Waals surface area contributed by atoms with E-state index in [2.05, 4.69) is 10.4 Å². The Morgan fingerprint density at radius 1 is 1.32 bits per heavy atom. The van der Waals surface area contributed by atoms with Crippen LogP contribution < -0.4 is 14.8 Å². The minimum absolute atomic E-state index is 0.0323. The fraction of sp³-hybridized carbons (Fsp3) is 0.444. The largest absolute Gasteiger partial charge is 0.497 e. The van der Waals surface area contributed by atoms with Crippen molar-refractivity contribution in [3.63, 3.8) is 0 Å². The zero-order valence-corrected chi connectivity index (χ0v) is 16.6. The van der Waals surface area contributed by atoms with Crippen molar-refractivity contribution in [1.29, 1.82) is 0 Å². The molecule has 2 rings (SSSR count). The highest BCUT2D eigenvalue weighted by molar-refractivity contribution is 6.31. The third kappa shape index (κ3) is 4.89. The van der Waals surface area contributed by atoms with Crippen molar-refractivity contribution in [2.75, 3.05) is 14.2 Å². The summed E-state index contributed by atoms with van der Waals surface area (Å²) in [6.07, 6.45) is -4.71. The second-order valence-corrected chi connectivity index (χ2v) is 6.49. The first kappa shape index (κ1) is 21.9. The number of methoxy groups -OCH3 is 2. The molecule has 0 fully saturated rings. The number of hydrogen-bond donors (Lipinski definition) is 1. The van der Waals surface area contributed by atoms with E-state index in [4.69, 9.17) is 21.1 Å².